The Labute approximate surface area is 193 Å². The molecular weight excluding hydrogens is 426 g/mol. The van der Waals surface area contributed by atoms with Crippen LogP contribution in [0.1, 0.15) is 38.7 Å². The van der Waals surface area contributed by atoms with Crippen molar-refractivity contribution in [2.75, 3.05) is 34.0 Å². The summed E-state index contributed by atoms with van der Waals surface area (Å²) in [7, 11) is 2.80. The Bertz CT molecular complexity index is 994. The maximum Gasteiger partial charge on any atom is 0.336 e. The van der Waals surface area contributed by atoms with Crippen LogP contribution in [0.4, 0.5) is 0 Å². The van der Waals surface area contributed by atoms with Crippen molar-refractivity contribution >= 4 is 17.7 Å². The van der Waals surface area contributed by atoms with E-state index in [0.717, 1.165) is 0 Å². The summed E-state index contributed by atoms with van der Waals surface area (Å²) in [4.78, 5) is 39.4. The first-order chi connectivity index (χ1) is 15.8. The van der Waals surface area contributed by atoms with Crippen molar-refractivity contribution < 1.29 is 33.3 Å². The maximum absolute atomic E-state index is 13.7. The molecule has 1 aliphatic heterocycles. The summed E-state index contributed by atoms with van der Waals surface area (Å²) in [6.45, 7) is 6.25. The average Bonchev–Trinajstić information content (AvgIpc) is 2.78. The van der Waals surface area contributed by atoms with Gasteiger partial charge >= 0.3 is 11.9 Å². The lowest BCUT2D eigenvalue weighted by Crippen LogP contribution is -2.43. The Balaban J connectivity index is 2.17. The molecule has 1 heterocycles. The number of rotatable bonds is 8. The van der Waals surface area contributed by atoms with Crippen LogP contribution in [0, 0.1) is 11.8 Å². The zero-order chi connectivity index (χ0) is 24.1. The second-order valence-corrected chi connectivity index (χ2v) is 8.13. The molecule has 33 heavy (non-hydrogen) atoms. The smallest absolute Gasteiger partial charge is 0.336 e. The Morgan fingerprint density at radius 2 is 1.88 bits per heavy atom. The fourth-order valence-corrected chi connectivity index (χ4v) is 4.56. The predicted molar refractivity (Wildman–Crippen MR) is 120 cm³/mol. The SMILES string of the molecule is CCOc1ccccc1[C@@H]1C(C(=O)OCCOC)=C(C)NC2=C1C(=O)[C@@H](C(=O)OC)[C@@H](C)C2. The van der Waals surface area contributed by atoms with E-state index < -0.39 is 23.8 Å². The van der Waals surface area contributed by atoms with Crippen molar-refractivity contribution in [3.05, 3.63) is 52.4 Å². The number of ether oxygens (including phenoxy) is 4. The topological polar surface area (TPSA) is 100 Å². The van der Waals surface area contributed by atoms with Crippen LogP contribution < -0.4 is 10.1 Å². The number of esters is 2. The van der Waals surface area contributed by atoms with Gasteiger partial charge in [-0.05, 0) is 32.3 Å². The highest BCUT2D eigenvalue weighted by Crippen LogP contribution is 2.47. The summed E-state index contributed by atoms with van der Waals surface area (Å²) < 4.78 is 21.2. The Hall–Kier alpha value is -3.13. The van der Waals surface area contributed by atoms with Gasteiger partial charge in [-0.15, -0.1) is 0 Å². The van der Waals surface area contributed by atoms with Crippen molar-refractivity contribution in [3.8, 4) is 5.75 Å². The largest absolute Gasteiger partial charge is 0.494 e. The number of carbonyl (C=O) groups excluding carboxylic acids is 3. The first-order valence-electron chi connectivity index (χ1n) is 11.1. The summed E-state index contributed by atoms with van der Waals surface area (Å²) in [6.07, 6.45) is 0.470. The fourth-order valence-electron chi connectivity index (χ4n) is 4.56. The van der Waals surface area contributed by atoms with E-state index in [4.69, 9.17) is 18.9 Å². The highest BCUT2D eigenvalue weighted by molar-refractivity contribution is 6.12. The number of ketones is 1. The van der Waals surface area contributed by atoms with E-state index in [1.54, 1.807) is 13.0 Å². The Kier molecular flexibility index (Phi) is 7.92. The number of para-hydroxylation sites is 1. The van der Waals surface area contributed by atoms with Crippen LogP contribution in [0.25, 0.3) is 0 Å². The monoisotopic (exact) mass is 457 g/mol. The molecule has 1 aromatic carbocycles. The van der Waals surface area contributed by atoms with Gasteiger partial charge in [0.05, 0.1) is 31.8 Å². The van der Waals surface area contributed by atoms with Crippen LogP contribution in [0.5, 0.6) is 5.75 Å². The van der Waals surface area contributed by atoms with E-state index in [-0.39, 0.29) is 24.9 Å². The van der Waals surface area contributed by atoms with Gasteiger partial charge in [-0.3, -0.25) is 9.59 Å². The zero-order valence-electron chi connectivity index (χ0n) is 19.7. The second-order valence-electron chi connectivity index (χ2n) is 8.13. The third kappa shape index (κ3) is 4.80. The van der Waals surface area contributed by atoms with E-state index in [9.17, 15) is 14.4 Å². The normalized spacial score (nSPS) is 22.5. The lowest BCUT2D eigenvalue weighted by molar-refractivity contribution is -0.151. The minimum Gasteiger partial charge on any atom is -0.494 e. The molecular formula is C25H31NO7. The van der Waals surface area contributed by atoms with E-state index in [2.05, 4.69) is 5.32 Å². The van der Waals surface area contributed by atoms with Crippen LogP contribution in [0.3, 0.4) is 0 Å². The van der Waals surface area contributed by atoms with Gasteiger partial charge in [-0.2, -0.15) is 0 Å². The highest BCUT2D eigenvalue weighted by atomic mass is 16.6. The lowest BCUT2D eigenvalue weighted by atomic mass is 9.69. The van der Waals surface area contributed by atoms with Crippen LogP contribution in [-0.4, -0.2) is 51.8 Å². The van der Waals surface area contributed by atoms with Gasteiger partial charge in [0.2, 0.25) is 0 Å². The first kappa shape index (κ1) is 24.5. The van der Waals surface area contributed by atoms with Gasteiger partial charge in [0.1, 0.15) is 18.3 Å². The number of nitrogens with one attached hydrogen (secondary N) is 1. The lowest BCUT2D eigenvalue weighted by Gasteiger charge is -2.38. The molecule has 3 atom stereocenters. The van der Waals surface area contributed by atoms with Gasteiger partial charge in [-0.25, -0.2) is 4.79 Å². The van der Waals surface area contributed by atoms with Crippen molar-refractivity contribution in [1.29, 1.82) is 0 Å². The summed E-state index contributed by atoms with van der Waals surface area (Å²) in [6, 6.07) is 7.30. The molecule has 3 rings (SSSR count). The van der Waals surface area contributed by atoms with E-state index >= 15 is 0 Å². The fraction of sp³-hybridized carbons (Fsp3) is 0.480. The molecule has 0 fully saturated rings. The molecule has 0 saturated heterocycles. The number of benzene rings is 1. The van der Waals surface area contributed by atoms with E-state index in [1.165, 1.54) is 14.2 Å². The molecule has 0 saturated carbocycles. The van der Waals surface area contributed by atoms with Crippen LogP contribution >= 0.6 is 0 Å². The number of methoxy groups -OCH3 is 2. The zero-order valence-corrected chi connectivity index (χ0v) is 19.7. The number of hydrogen-bond acceptors (Lipinski definition) is 8. The molecule has 0 amide bonds. The average molecular weight is 458 g/mol. The molecule has 2 aliphatic rings. The molecule has 178 valence electrons. The van der Waals surface area contributed by atoms with Crippen molar-refractivity contribution in [3.63, 3.8) is 0 Å². The van der Waals surface area contributed by atoms with Crippen LogP contribution in [-0.2, 0) is 28.6 Å². The summed E-state index contributed by atoms with van der Waals surface area (Å²) in [5, 5.41) is 3.24. The van der Waals surface area contributed by atoms with Crippen LogP contribution in [0.2, 0.25) is 0 Å². The predicted octanol–water partition coefficient (Wildman–Crippen LogP) is 2.89. The standard InChI is InChI=1S/C25H31NO7/c1-6-32-18-10-8-7-9-16(18)21-20(25(29)33-12-11-30-4)15(3)26-17-13-14(2)19(24(28)31-5)23(27)22(17)21/h7-10,14,19,21,26H,6,11-13H2,1-5H3/t14-,19-,21+/m0/s1. The Morgan fingerprint density at radius 1 is 1.15 bits per heavy atom. The van der Waals surface area contributed by atoms with Crippen molar-refractivity contribution in [2.24, 2.45) is 11.8 Å². The number of dihydropyridines is 1. The number of carbonyl (C=O) groups is 3. The molecule has 0 aromatic heterocycles. The first-order valence-corrected chi connectivity index (χ1v) is 11.1. The highest BCUT2D eigenvalue weighted by Gasteiger charge is 2.47. The van der Waals surface area contributed by atoms with Gasteiger partial charge in [-0.1, -0.05) is 25.1 Å². The molecule has 0 radical (unpaired) electrons. The molecule has 0 spiro atoms. The van der Waals surface area contributed by atoms with E-state index in [1.807, 2.05) is 32.0 Å². The van der Waals surface area contributed by atoms with E-state index in [0.29, 0.717) is 46.9 Å². The maximum atomic E-state index is 13.7. The summed E-state index contributed by atoms with van der Waals surface area (Å²) in [5.41, 5.74) is 2.65. The Morgan fingerprint density at radius 3 is 2.55 bits per heavy atom. The minimum absolute atomic E-state index is 0.0770. The third-order valence-electron chi connectivity index (χ3n) is 6.01. The molecule has 8 heteroatoms. The summed E-state index contributed by atoms with van der Waals surface area (Å²) in [5.74, 6) is -2.86. The second kappa shape index (κ2) is 10.7. The molecule has 1 N–H and O–H groups in total. The molecule has 0 unspecified atom stereocenters. The molecule has 8 nitrogen and oxygen atoms in total. The molecule has 1 aliphatic carbocycles. The van der Waals surface area contributed by atoms with Crippen LogP contribution in [0.15, 0.2) is 46.8 Å². The third-order valence-corrected chi connectivity index (χ3v) is 6.01. The minimum atomic E-state index is -0.943. The molecule has 0 bridgehead atoms. The van der Waals surface area contributed by atoms with Gasteiger partial charge in [0.25, 0.3) is 0 Å². The van der Waals surface area contributed by atoms with Gasteiger partial charge in [0, 0.05) is 29.6 Å². The van der Waals surface area contributed by atoms with Crippen molar-refractivity contribution in [1.82, 2.24) is 5.32 Å². The number of allylic oxidation sites excluding steroid dienone is 3. The van der Waals surface area contributed by atoms with Crippen molar-refractivity contribution in [2.45, 2.75) is 33.1 Å². The summed E-state index contributed by atoms with van der Waals surface area (Å²) >= 11 is 0. The van der Waals surface area contributed by atoms with Gasteiger partial charge < -0.3 is 24.3 Å². The number of Topliss-reactive ketones (excluding diaryl/α,β-unsaturated/α-hetero) is 1. The van der Waals surface area contributed by atoms with Gasteiger partial charge in [0.15, 0.2) is 5.78 Å². The number of hydrogen-bond donors (Lipinski definition) is 1. The quantitative estimate of drug-likeness (QED) is 0.361. The molecule has 1 aromatic rings.